The molecule has 2 aromatic rings. The van der Waals surface area contributed by atoms with Crippen molar-refractivity contribution in [2.45, 2.75) is 26.2 Å². The number of ether oxygens (including phenoxy) is 1. The summed E-state index contributed by atoms with van der Waals surface area (Å²) in [7, 11) is 1.74. The monoisotopic (exact) mass is 266 g/mol. The Morgan fingerprint density at radius 3 is 2.25 bits per heavy atom. The molecule has 0 atom stereocenters. The van der Waals surface area contributed by atoms with Gasteiger partial charge in [-0.25, -0.2) is 0 Å². The van der Waals surface area contributed by atoms with E-state index in [1.54, 1.807) is 7.11 Å². The maximum Gasteiger partial charge on any atom is 0.130 e. The van der Waals surface area contributed by atoms with E-state index in [0.29, 0.717) is 0 Å². The van der Waals surface area contributed by atoms with E-state index < -0.39 is 0 Å². The van der Waals surface area contributed by atoms with Crippen LogP contribution in [0.15, 0.2) is 54.6 Å². The van der Waals surface area contributed by atoms with Gasteiger partial charge in [-0.15, -0.1) is 0 Å². The average molecular weight is 266 g/mol. The first-order chi connectivity index (χ1) is 9.61. The predicted octanol–water partition coefficient (Wildman–Crippen LogP) is 5.05. The zero-order valence-electron chi connectivity index (χ0n) is 12.7. The highest BCUT2D eigenvalue weighted by Gasteiger charge is 2.27. The maximum absolute atomic E-state index is 5.69. The fraction of sp³-hybridized carbons (Fsp3) is 0.263. The van der Waals surface area contributed by atoms with E-state index in [1.165, 1.54) is 11.1 Å². The molecule has 0 aliphatic carbocycles. The summed E-state index contributed by atoms with van der Waals surface area (Å²) in [5.41, 5.74) is 3.53. The Bertz CT molecular complexity index is 594. The SMILES string of the molecule is C/C=C\c1cccc(C(C)(C)c2ccccc2)c1OC. The summed E-state index contributed by atoms with van der Waals surface area (Å²) >= 11 is 0. The Labute approximate surface area is 121 Å². The van der Waals surface area contributed by atoms with Crippen molar-refractivity contribution in [2.24, 2.45) is 0 Å². The summed E-state index contributed by atoms with van der Waals surface area (Å²) in [6, 6.07) is 16.9. The zero-order valence-corrected chi connectivity index (χ0v) is 12.7. The van der Waals surface area contributed by atoms with Gasteiger partial charge in [0.25, 0.3) is 0 Å². The minimum absolute atomic E-state index is 0.0931. The van der Waals surface area contributed by atoms with Gasteiger partial charge in [-0.3, -0.25) is 0 Å². The second-order valence-corrected chi connectivity index (χ2v) is 5.42. The largest absolute Gasteiger partial charge is 0.496 e. The molecule has 0 N–H and O–H groups in total. The van der Waals surface area contributed by atoms with Crippen LogP contribution in [0.4, 0.5) is 0 Å². The van der Waals surface area contributed by atoms with Crippen molar-refractivity contribution in [2.75, 3.05) is 7.11 Å². The van der Waals surface area contributed by atoms with Crippen LogP contribution >= 0.6 is 0 Å². The first-order valence-electron chi connectivity index (χ1n) is 6.97. The number of methoxy groups -OCH3 is 1. The molecule has 0 heterocycles. The molecule has 2 aromatic carbocycles. The van der Waals surface area contributed by atoms with Gasteiger partial charge in [0.1, 0.15) is 5.75 Å². The quantitative estimate of drug-likeness (QED) is 0.752. The van der Waals surface area contributed by atoms with Crippen LogP contribution in [-0.4, -0.2) is 7.11 Å². The smallest absolute Gasteiger partial charge is 0.130 e. The van der Waals surface area contributed by atoms with Crippen molar-refractivity contribution < 1.29 is 4.74 Å². The van der Waals surface area contributed by atoms with Crippen LogP contribution in [0.25, 0.3) is 6.08 Å². The van der Waals surface area contributed by atoms with Crippen LogP contribution in [0.3, 0.4) is 0 Å². The minimum atomic E-state index is -0.0931. The third-order valence-corrected chi connectivity index (χ3v) is 3.76. The lowest BCUT2D eigenvalue weighted by molar-refractivity contribution is 0.400. The third-order valence-electron chi connectivity index (χ3n) is 3.76. The van der Waals surface area contributed by atoms with Crippen LogP contribution in [0, 0.1) is 0 Å². The van der Waals surface area contributed by atoms with Gasteiger partial charge in [-0.1, -0.05) is 74.5 Å². The van der Waals surface area contributed by atoms with Crippen LogP contribution in [0.5, 0.6) is 5.75 Å². The fourth-order valence-corrected chi connectivity index (χ4v) is 2.60. The summed E-state index contributed by atoms with van der Waals surface area (Å²) in [5.74, 6) is 0.958. The molecular weight excluding hydrogens is 244 g/mol. The van der Waals surface area contributed by atoms with E-state index in [2.05, 4.69) is 62.4 Å². The number of para-hydroxylation sites is 1. The molecule has 0 aromatic heterocycles. The summed E-state index contributed by atoms with van der Waals surface area (Å²) in [6.07, 6.45) is 4.13. The highest BCUT2D eigenvalue weighted by atomic mass is 16.5. The molecule has 0 bridgehead atoms. The number of hydrogen-bond acceptors (Lipinski definition) is 1. The Hall–Kier alpha value is -2.02. The highest BCUT2D eigenvalue weighted by Crippen LogP contribution is 2.39. The molecule has 2 rings (SSSR count). The molecule has 20 heavy (non-hydrogen) atoms. The number of rotatable bonds is 4. The molecule has 104 valence electrons. The van der Waals surface area contributed by atoms with Crippen LogP contribution in [-0.2, 0) is 5.41 Å². The van der Waals surface area contributed by atoms with E-state index in [-0.39, 0.29) is 5.41 Å². The van der Waals surface area contributed by atoms with Crippen LogP contribution < -0.4 is 4.74 Å². The van der Waals surface area contributed by atoms with Gasteiger partial charge in [0, 0.05) is 16.5 Å². The topological polar surface area (TPSA) is 9.23 Å². The summed E-state index contributed by atoms with van der Waals surface area (Å²) in [4.78, 5) is 0. The van der Waals surface area contributed by atoms with E-state index >= 15 is 0 Å². The molecule has 0 saturated heterocycles. The third kappa shape index (κ3) is 2.62. The molecule has 1 heteroatoms. The standard InChI is InChI=1S/C19H22O/c1-5-10-15-11-9-14-17(18(15)20-4)19(2,3)16-12-7-6-8-13-16/h5-14H,1-4H3/b10-5-. The maximum atomic E-state index is 5.69. The molecule has 0 amide bonds. The Balaban J connectivity index is 2.60. The van der Waals surface area contributed by atoms with Crippen molar-refractivity contribution in [1.82, 2.24) is 0 Å². The van der Waals surface area contributed by atoms with Crippen LogP contribution in [0.1, 0.15) is 37.5 Å². The van der Waals surface area contributed by atoms with E-state index in [0.717, 1.165) is 11.3 Å². The molecule has 0 spiro atoms. The van der Waals surface area contributed by atoms with Crippen LogP contribution in [0.2, 0.25) is 0 Å². The van der Waals surface area contributed by atoms with Crippen molar-refractivity contribution >= 4 is 6.08 Å². The predicted molar refractivity (Wildman–Crippen MR) is 86.3 cm³/mol. The molecule has 0 radical (unpaired) electrons. The Morgan fingerprint density at radius 2 is 1.65 bits per heavy atom. The lowest BCUT2D eigenvalue weighted by Crippen LogP contribution is -2.20. The van der Waals surface area contributed by atoms with E-state index in [9.17, 15) is 0 Å². The number of benzene rings is 2. The van der Waals surface area contributed by atoms with Gasteiger partial charge in [-0.05, 0) is 12.5 Å². The minimum Gasteiger partial charge on any atom is -0.496 e. The van der Waals surface area contributed by atoms with Crippen molar-refractivity contribution in [3.05, 3.63) is 71.3 Å². The summed E-state index contributed by atoms with van der Waals surface area (Å²) < 4.78 is 5.69. The number of hydrogen-bond donors (Lipinski definition) is 0. The van der Waals surface area contributed by atoms with Crippen molar-refractivity contribution in [3.8, 4) is 5.75 Å². The Kier molecular flexibility index (Phi) is 4.29. The van der Waals surface area contributed by atoms with Gasteiger partial charge in [0.2, 0.25) is 0 Å². The second kappa shape index (κ2) is 5.96. The second-order valence-electron chi connectivity index (χ2n) is 5.42. The lowest BCUT2D eigenvalue weighted by atomic mass is 9.77. The molecule has 0 saturated carbocycles. The average Bonchev–Trinajstić information content (AvgIpc) is 2.48. The van der Waals surface area contributed by atoms with Gasteiger partial charge >= 0.3 is 0 Å². The summed E-state index contributed by atoms with van der Waals surface area (Å²) in [6.45, 7) is 6.49. The van der Waals surface area contributed by atoms with E-state index in [1.807, 2.05) is 19.1 Å². The normalized spacial score (nSPS) is 11.8. The molecule has 0 fully saturated rings. The van der Waals surface area contributed by atoms with Crippen molar-refractivity contribution in [1.29, 1.82) is 0 Å². The summed E-state index contributed by atoms with van der Waals surface area (Å²) in [5, 5.41) is 0. The molecule has 0 aliphatic heterocycles. The van der Waals surface area contributed by atoms with Gasteiger partial charge < -0.3 is 4.74 Å². The number of allylic oxidation sites excluding steroid dienone is 1. The zero-order chi connectivity index (χ0) is 14.6. The highest BCUT2D eigenvalue weighted by molar-refractivity contribution is 5.62. The first kappa shape index (κ1) is 14.4. The van der Waals surface area contributed by atoms with Gasteiger partial charge in [-0.2, -0.15) is 0 Å². The first-order valence-corrected chi connectivity index (χ1v) is 6.97. The fourth-order valence-electron chi connectivity index (χ4n) is 2.60. The van der Waals surface area contributed by atoms with Crippen molar-refractivity contribution in [3.63, 3.8) is 0 Å². The van der Waals surface area contributed by atoms with Gasteiger partial charge in [0.15, 0.2) is 0 Å². The lowest BCUT2D eigenvalue weighted by Gasteiger charge is -2.28. The molecule has 0 aliphatic rings. The Morgan fingerprint density at radius 1 is 0.950 bits per heavy atom. The van der Waals surface area contributed by atoms with E-state index in [4.69, 9.17) is 4.74 Å². The molecular formula is C19H22O. The molecule has 1 nitrogen and oxygen atoms in total. The van der Waals surface area contributed by atoms with Gasteiger partial charge in [0.05, 0.1) is 7.11 Å². The molecule has 0 unspecified atom stereocenters.